The van der Waals surface area contributed by atoms with E-state index in [0.29, 0.717) is 0 Å². The lowest BCUT2D eigenvalue weighted by molar-refractivity contribution is -0.0435. The van der Waals surface area contributed by atoms with E-state index in [4.69, 9.17) is 5.26 Å². The Morgan fingerprint density at radius 3 is 2.30 bits per heavy atom. The second kappa shape index (κ2) is 5.73. The van der Waals surface area contributed by atoms with Crippen molar-refractivity contribution in [1.82, 2.24) is 5.32 Å². The maximum atomic E-state index is 12.2. The highest BCUT2D eigenvalue weighted by molar-refractivity contribution is 7.92. The number of nitrogens with zero attached hydrogens (tertiary/aromatic N) is 1. The van der Waals surface area contributed by atoms with Crippen molar-refractivity contribution in [3.63, 3.8) is 0 Å². The van der Waals surface area contributed by atoms with Gasteiger partial charge in [0, 0.05) is 5.56 Å². The molecule has 8 heteroatoms. The van der Waals surface area contributed by atoms with E-state index in [9.17, 15) is 22.5 Å². The Hall–Kier alpha value is -1.72. The van der Waals surface area contributed by atoms with Gasteiger partial charge >= 0.3 is 5.51 Å². The summed E-state index contributed by atoms with van der Waals surface area (Å²) in [6.07, 6.45) is 0. The van der Waals surface area contributed by atoms with E-state index in [1.165, 1.54) is 6.92 Å². The Balaban J connectivity index is 2.88. The van der Waals surface area contributed by atoms with Gasteiger partial charge in [0.05, 0.1) is 17.2 Å². The fraction of sp³-hybridized carbons (Fsp3) is 0.250. The van der Waals surface area contributed by atoms with Gasteiger partial charge in [0.15, 0.2) is 4.90 Å². The van der Waals surface area contributed by atoms with Crippen LogP contribution in [0.2, 0.25) is 0 Å². The molecule has 0 fully saturated rings. The molecule has 0 bridgehead atoms. The summed E-state index contributed by atoms with van der Waals surface area (Å²) in [7, 11) is 0. The molecule has 2 unspecified atom stereocenters. The van der Waals surface area contributed by atoms with Gasteiger partial charge in [-0.1, -0.05) is 0 Å². The summed E-state index contributed by atoms with van der Waals surface area (Å²) in [4.78, 5) is 11.2. The largest absolute Gasteiger partial charge is 0.604 e. The first-order valence-electron chi connectivity index (χ1n) is 5.24. The summed E-state index contributed by atoms with van der Waals surface area (Å²) in [5.41, 5.74) is -6.15. The highest BCUT2D eigenvalue weighted by Crippen LogP contribution is 2.30. The third-order valence-electron chi connectivity index (χ3n) is 2.18. The number of halogens is 3. The maximum absolute atomic E-state index is 12.2. The predicted octanol–water partition coefficient (Wildman–Crippen LogP) is 2.16. The van der Waals surface area contributed by atoms with Crippen LogP contribution < -0.4 is 5.32 Å². The number of hydrogen-bond acceptors (Lipinski definition) is 3. The number of carbonyl (C=O) groups excluding carboxylic acids is 1. The summed E-state index contributed by atoms with van der Waals surface area (Å²) < 4.78 is 47.8. The van der Waals surface area contributed by atoms with E-state index in [1.807, 2.05) is 0 Å². The van der Waals surface area contributed by atoms with Gasteiger partial charge in [0.2, 0.25) is 0 Å². The SMILES string of the molecule is [CH2]C(C)(C#N)NC(=O)c1ccc([S+]([O-])C(F)(F)F)cc1. The summed E-state index contributed by atoms with van der Waals surface area (Å²) in [5.74, 6) is -0.659. The van der Waals surface area contributed by atoms with Crippen molar-refractivity contribution in [2.45, 2.75) is 22.9 Å². The molecule has 1 rings (SSSR count). The van der Waals surface area contributed by atoms with E-state index in [0.717, 1.165) is 24.3 Å². The minimum absolute atomic E-state index is 0.0399. The molecular weight excluding hydrogens is 293 g/mol. The molecule has 4 nitrogen and oxygen atoms in total. The highest BCUT2D eigenvalue weighted by Gasteiger charge is 2.46. The number of amides is 1. The van der Waals surface area contributed by atoms with Crippen molar-refractivity contribution >= 4 is 17.1 Å². The molecule has 0 saturated heterocycles. The van der Waals surface area contributed by atoms with E-state index < -0.39 is 33.0 Å². The fourth-order valence-electron chi connectivity index (χ4n) is 1.21. The number of carbonyl (C=O) groups is 1. The van der Waals surface area contributed by atoms with Crippen LogP contribution in [-0.4, -0.2) is 21.5 Å². The molecule has 1 amide bonds. The van der Waals surface area contributed by atoms with E-state index in [2.05, 4.69) is 12.2 Å². The van der Waals surface area contributed by atoms with Crippen LogP contribution in [0.5, 0.6) is 0 Å². The zero-order chi connectivity index (χ0) is 15.6. The zero-order valence-corrected chi connectivity index (χ0v) is 11.1. The average Bonchev–Trinajstić information content (AvgIpc) is 2.36. The van der Waals surface area contributed by atoms with E-state index in [1.54, 1.807) is 6.07 Å². The van der Waals surface area contributed by atoms with Gasteiger partial charge in [0.25, 0.3) is 5.91 Å². The Bertz CT molecular complexity index is 535. The third kappa shape index (κ3) is 4.15. The quantitative estimate of drug-likeness (QED) is 0.869. The average molecular weight is 303 g/mol. The first-order valence-corrected chi connectivity index (χ1v) is 6.39. The first-order chi connectivity index (χ1) is 9.07. The fourth-order valence-corrected chi connectivity index (χ4v) is 1.86. The standard InChI is InChI=1S/C12H10F3N2O2S/c1-11(2,7-16)17-10(18)8-3-5-9(6-4-8)20(19)12(13,14)15/h3-6H,1H2,2H3,(H,17,18). The van der Waals surface area contributed by atoms with Crippen molar-refractivity contribution in [3.8, 4) is 6.07 Å². The number of nitriles is 1. The molecule has 1 aromatic rings. The topological polar surface area (TPSA) is 76.0 Å². The molecule has 20 heavy (non-hydrogen) atoms. The van der Waals surface area contributed by atoms with Crippen molar-refractivity contribution < 1.29 is 22.5 Å². The molecule has 0 spiro atoms. The third-order valence-corrected chi connectivity index (χ3v) is 3.30. The highest BCUT2D eigenvalue weighted by atomic mass is 32.2. The summed E-state index contributed by atoms with van der Waals surface area (Å²) in [6.45, 7) is 4.81. The molecule has 1 radical (unpaired) electrons. The van der Waals surface area contributed by atoms with Gasteiger partial charge in [-0.05, 0) is 38.1 Å². The molecule has 0 aliphatic heterocycles. The van der Waals surface area contributed by atoms with Crippen LogP contribution in [-0.2, 0) is 11.2 Å². The van der Waals surface area contributed by atoms with Gasteiger partial charge < -0.3 is 9.87 Å². The maximum Gasteiger partial charge on any atom is 0.578 e. The number of rotatable bonds is 3. The molecule has 107 valence electrons. The normalized spacial score (nSPS) is 13.4. The Labute approximate surface area is 116 Å². The summed E-state index contributed by atoms with van der Waals surface area (Å²) >= 11 is -3.14. The lowest BCUT2D eigenvalue weighted by Crippen LogP contribution is -2.42. The lowest BCUT2D eigenvalue weighted by atomic mass is 10.1. The minimum atomic E-state index is -4.85. The minimum Gasteiger partial charge on any atom is -0.604 e. The van der Waals surface area contributed by atoms with Gasteiger partial charge in [0.1, 0.15) is 5.54 Å². The van der Waals surface area contributed by atoms with Crippen molar-refractivity contribution in [2.75, 3.05) is 0 Å². The molecule has 0 aliphatic rings. The summed E-state index contributed by atoms with van der Waals surface area (Å²) in [5, 5.41) is 11.0. The monoisotopic (exact) mass is 303 g/mol. The molecule has 0 aromatic heterocycles. The lowest BCUT2D eigenvalue weighted by Gasteiger charge is -2.17. The van der Waals surface area contributed by atoms with E-state index in [-0.39, 0.29) is 5.56 Å². The molecule has 1 N–H and O–H groups in total. The Morgan fingerprint density at radius 2 is 1.90 bits per heavy atom. The molecule has 0 aliphatic carbocycles. The van der Waals surface area contributed by atoms with Gasteiger partial charge in [-0.25, -0.2) is 0 Å². The smallest absolute Gasteiger partial charge is 0.578 e. The first kappa shape index (κ1) is 16.3. The second-order valence-corrected chi connectivity index (χ2v) is 5.61. The van der Waals surface area contributed by atoms with Gasteiger partial charge in [-0.15, -0.1) is 13.2 Å². The van der Waals surface area contributed by atoms with Crippen molar-refractivity contribution in [1.29, 1.82) is 5.26 Å². The Kier molecular flexibility index (Phi) is 4.68. The zero-order valence-electron chi connectivity index (χ0n) is 10.3. The van der Waals surface area contributed by atoms with Crippen LogP contribution in [0.4, 0.5) is 13.2 Å². The number of benzene rings is 1. The van der Waals surface area contributed by atoms with Gasteiger partial charge in [-0.2, -0.15) is 5.26 Å². The van der Waals surface area contributed by atoms with Crippen LogP contribution in [0.3, 0.4) is 0 Å². The molecule has 1 aromatic carbocycles. The molecular formula is C12H10F3N2O2S. The van der Waals surface area contributed by atoms with Crippen LogP contribution >= 0.6 is 0 Å². The molecule has 0 saturated carbocycles. The second-order valence-electron chi connectivity index (χ2n) is 4.14. The van der Waals surface area contributed by atoms with E-state index >= 15 is 0 Å². The van der Waals surface area contributed by atoms with Crippen LogP contribution in [0.1, 0.15) is 17.3 Å². The number of alkyl halides is 3. The van der Waals surface area contributed by atoms with Crippen LogP contribution in [0.25, 0.3) is 0 Å². The number of hydrogen-bond donors (Lipinski definition) is 1. The molecule has 2 atom stereocenters. The van der Waals surface area contributed by atoms with Crippen LogP contribution in [0.15, 0.2) is 29.2 Å². The Morgan fingerprint density at radius 1 is 1.40 bits per heavy atom. The molecule has 0 heterocycles. The predicted molar refractivity (Wildman–Crippen MR) is 65.7 cm³/mol. The van der Waals surface area contributed by atoms with Crippen molar-refractivity contribution in [3.05, 3.63) is 36.8 Å². The van der Waals surface area contributed by atoms with Crippen LogP contribution in [0, 0.1) is 18.3 Å². The summed E-state index contributed by atoms with van der Waals surface area (Å²) in [6, 6.07) is 5.85. The number of nitrogens with one attached hydrogen (secondary N) is 1. The van der Waals surface area contributed by atoms with Crippen molar-refractivity contribution in [2.24, 2.45) is 0 Å². The van der Waals surface area contributed by atoms with Gasteiger partial charge in [-0.3, -0.25) is 4.79 Å².